The Morgan fingerprint density at radius 1 is 0.941 bits per heavy atom. The highest BCUT2D eigenvalue weighted by molar-refractivity contribution is 5.74. The van der Waals surface area contributed by atoms with Crippen LogP contribution in [0.4, 0.5) is 4.79 Å². The van der Waals surface area contributed by atoms with E-state index in [0.717, 1.165) is 36.8 Å². The molecule has 2 aromatic carbocycles. The van der Waals surface area contributed by atoms with E-state index < -0.39 is 12.1 Å². The van der Waals surface area contributed by atoms with Gasteiger partial charge in [0.1, 0.15) is 12.4 Å². The van der Waals surface area contributed by atoms with Crippen molar-refractivity contribution in [3.05, 3.63) is 65.7 Å². The van der Waals surface area contributed by atoms with Gasteiger partial charge in [-0.15, -0.1) is 0 Å². The summed E-state index contributed by atoms with van der Waals surface area (Å²) in [6.45, 7) is 6.35. The van der Waals surface area contributed by atoms with Gasteiger partial charge in [0.15, 0.2) is 6.10 Å². The number of urea groups is 1. The minimum atomic E-state index is -0.966. The number of nitrogens with zero attached hydrogens (tertiary/aromatic N) is 1. The summed E-state index contributed by atoms with van der Waals surface area (Å²) in [4.78, 5) is 25.9. The standard InChI is InChI=1S/C27H38N2O5/c1-3-5-6-10-17-29(27(32)28-21-23-11-8-7-9-12-23)18-19-34-24-15-13-22(14-16-24)20-25(26(30)31)33-4-2/h7-9,11-16,25H,3-6,10,17-21H2,1-2H3,(H,28,32)(H,30,31). The number of rotatable bonds is 16. The fourth-order valence-electron chi connectivity index (χ4n) is 3.56. The van der Waals surface area contributed by atoms with Crippen LogP contribution in [0.2, 0.25) is 0 Å². The molecule has 34 heavy (non-hydrogen) atoms. The number of amides is 2. The lowest BCUT2D eigenvalue weighted by Gasteiger charge is -2.23. The lowest BCUT2D eigenvalue weighted by Crippen LogP contribution is -2.42. The van der Waals surface area contributed by atoms with Crippen LogP contribution in [-0.4, -0.2) is 54.4 Å². The average molecular weight is 471 g/mol. The van der Waals surface area contributed by atoms with Gasteiger partial charge in [-0.3, -0.25) is 0 Å². The molecule has 0 aliphatic heterocycles. The van der Waals surface area contributed by atoms with Crippen molar-refractivity contribution < 1.29 is 24.2 Å². The van der Waals surface area contributed by atoms with E-state index in [1.54, 1.807) is 6.92 Å². The topological polar surface area (TPSA) is 88.1 Å². The molecule has 7 nitrogen and oxygen atoms in total. The van der Waals surface area contributed by atoms with Crippen molar-refractivity contribution in [1.29, 1.82) is 0 Å². The number of unbranched alkanes of at least 4 members (excludes halogenated alkanes) is 3. The maximum Gasteiger partial charge on any atom is 0.333 e. The average Bonchev–Trinajstić information content (AvgIpc) is 2.85. The zero-order valence-corrected chi connectivity index (χ0v) is 20.4. The number of ether oxygens (including phenoxy) is 2. The highest BCUT2D eigenvalue weighted by Crippen LogP contribution is 2.15. The molecule has 1 atom stereocenters. The first-order valence-corrected chi connectivity index (χ1v) is 12.2. The molecule has 2 amide bonds. The van der Waals surface area contributed by atoms with Gasteiger partial charge in [0.05, 0.1) is 6.54 Å². The minimum Gasteiger partial charge on any atom is -0.492 e. The van der Waals surface area contributed by atoms with Crippen LogP contribution >= 0.6 is 0 Å². The number of nitrogens with one attached hydrogen (secondary N) is 1. The lowest BCUT2D eigenvalue weighted by atomic mass is 10.1. The maximum atomic E-state index is 12.8. The number of carbonyl (C=O) groups excluding carboxylic acids is 1. The summed E-state index contributed by atoms with van der Waals surface area (Å²) >= 11 is 0. The first-order chi connectivity index (χ1) is 16.5. The molecule has 1 unspecified atom stereocenters. The third kappa shape index (κ3) is 10.3. The zero-order valence-electron chi connectivity index (χ0n) is 20.4. The van der Waals surface area contributed by atoms with E-state index in [-0.39, 0.29) is 6.03 Å². The van der Waals surface area contributed by atoms with E-state index in [0.29, 0.717) is 45.0 Å². The maximum absolute atomic E-state index is 12.8. The Hall–Kier alpha value is -3.06. The van der Waals surface area contributed by atoms with E-state index in [2.05, 4.69) is 12.2 Å². The predicted molar refractivity (Wildman–Crippen MR) is 133 cm³/mol. The van der Waals surface area contributed by atoms with Gasteiger partial charge in [-0.1, -0.05) is 68.7 Å². The Bertz CT molecular complexity index is 842. The molecule has 0 aliphatic carbocycles. The summed E-state index contributed by atoms with van der Waals surface area (Å²) in [6.07, 6.45) is 3.82. The molecule has 0 fully saturated rings. The van der Waals surface area contributed by atoms with Crippen LogP contribution < -0.4 is 10.1 Å². The molecule has 2 N–H and O–H groups in total. The fraction of sp³-hybridized carbons (Fsp3) is 0.481. The number of hydrogen-bond donors (Lipinski definition) is 2. The van der Waals surface area contributed by atoms with Gasteiger partial charge >= 0.3 is 12.0 Å². The van der Waals surface area contributed by atoms with Crippen molar-refractivity contribution in [2.24, 2.45) is 0 Å². The predicted octanol–water partition coefficient (Wildman–Crippen LogP) is 4.89. The second-order valence-corrected chi connectivity index (χ2v) is 8.17. The summed E-state index contributed by atoms with van der Waals surface area (Å²) < 4.78 is 11.1. The summed E-state index contributed by atoms with van der Waals surface area (Å²) in [7, 11) is 0. The van der Waals surface area contributed by atoms with Gasteiger partial charge in [-0.2, -0.15) is 0 Å². The van der Waals surface area contributed by atoms with Crippen molar-refractivity contribution in [2.45, 2.75) is 58.6 Å². The molecule has 2 rings (SSSR count). The quantitative estimate of drug-likeness (QED) is 0.341. The number of carboxylic acids is 1. The molecule has 0 aromatic heterocycles. The molecular formula is C27H38N2O5. The normalized spacial score (nSPS) is 11.6. The van der Waals surface area contributed by atoms with Gasteiger partial charge in [-0.05, 0) is 36.6 Å². The van der Waals surface area contributed by atoms with Crippen molar-refractivity contribution in [3.63, 3.8) is 0 Å². The molecule has 186 valence electrons. The van der Waals surface area contributed by atoms with Crippen LogP contribution in [0.5, 0.6) is 5.75 Å². The van der Waals surface area contributed by atoms with E-state index >= 15 is 0 Å². The second kappa shape index (κ2) is 15.7. The smallest absolute Gasteiger partial charge is 0.333 e. The Balaban J connectivity index is 1.85. The summed E-state index contributed by atoms with van der Waals surface area (Å²) in [5.41, 5.74) is 1.93. The Labute approximate surface area is 203 Å². The molecule has 0 aliphatic rings. The van der Waals surface area contributed by atoms with Crippen molar-refractivity contribution in [3.8, 4) is 5.75 Å². The molecule has 0 spiro atoms. The molecule has 0 radical (unpaired) electrons. The third-order valence-corrected chi connectivity index (χ3v) is 5.47. The van der Waals surface area contributed by atoms with E-state index in [1.807, 2.05) is 59.5 Å². The molecule has 7 heteroatoms. The zero-order chi connectivity index (χ0) is 24.6. The van der Waals surface area contributed by atoms with Crippen LogP contribution in [0.15, 0.2) is 54.6 Å². The lowest BCUT2D eigenvalue weighted by molar-refractivity contribution is -0.149. The van der Waals surface area contributed by atoms with Crippen LogP contribution in [-0.2, 0) is 22.5 Å². The van der Waals surface area contributed by atoms with Gasteiger partial charge < -0.3 is 24.8 Å². The Morgan fingerprint density at radius 3 is 2.32 bits per heavy atom. The molecule has 0 bridgehead atoms. The van der Waals surface area contributed by atoms with Crippen LogP contribution in [0.1, 0.15) is 50.7 Å². The third-order valence-electron chi connectivity index (χ3n) is 5.47. The van der Waals surface area contributed by atoms with Crippen LogP contribution in [0.25, 0.3) is 0 Å². The van der Waals surface area contributed by atoms with Gasteiger partial charge in [0, 0.05) is 26.1 Å². The highest BCUT2D eigenvalue weighted by Gasteiger charge is 2.18. The van der Waals surface area contributed by atoms with Crippen molar-refractivity contribution >= 4 is 12.0 Å². The van der Waals surface area contributed by atoms with E-state index in [9.17, 15) is 14.7 Å². The Morgan fingerprint density at radius 2 is 1.68 bits per heavy atom. The molecule has 0 saturated carbocycles. The number of benzene rings is 2. The number of carboxylic acid groups (broad SMARTS) is 1. The SMILES string of the molecule is CCCCCCN(CCOc1ccc(CC(OCC)C(=O)O)cc1)C(=O)NCc1ccccc1. The minimum absolute atomic E-state index is 0.0880. The number of carbonyl (C=O) groups is 2. The van der Waals surface area contributed by atoms with Crippen LogP contribution in [0.3, 0.4) is 0 Å². The van der Waals surface area contributed by atoms with Crippen molar-refractivity contribution in [1.82, 2.24) is 10.2 Å². The van der Waals surface area contributed by atoms with Crippen molar-refractivity contribution in [2.75, 3.05) is 26.3 Å². The first kappa shape index (κ1) is 27.2. The van der Waals surface area contributed by atoms with E-state index in [4.69, 9.17) is 9.47 Å². The van der Waals surface area contributed by atoms with Crippen LogP contribution in [0, 0.1) is 0 Å². The largest absolute Gasteiger partial charge is 0.492 e. The Kier molecular flexibility index (Phi) is 12.6. The van der Waals surface area contributed by atoms with Gasteiger partial charge in [0.2, 0.25) is 0 Å². The van der Waals surface area contributed by atoms with Gasteiger partial charge in [0.25, 0.3) is 0 Å². The second-order valence-electron chi connectivity index (χ2n) is 8.17. The van der Waals surface area contributed by atoms with E-state index in [1.165, 1.54) is 0 Å². The molecule has 0 heterocycles. The number of hydrogen-bond acceptors (Lipinski definition) is 4. The molecular weight excluding hydrogens is 432 g/mol. The highest BCUT2D eigenvalue weighted by atomic mass is 16.5. The van der Waals surface area contributed by atoms with Gasteiger partial charge in [-0.25, -0.2) is 9.59 Å². The summed E-state index contributed by atoms with van der Waals surface area (Å²) in [5, 5.41) is 12.2. The number of aliphatic carboxylic acids is 1. The summed E-state index contributed by atoms with van der Waals surface area (Å²) in [5.74, 6) is -0.283. The monoisotopic (exact) mass is 470 g/mol. The fourth-order valence-corrected chi connectivity index (χ4v) is 3.56. The first-order valence-electron chi connectivity index (χ1n) is 12.2. The molecule has 2 aromatic rings. The summed E-state index contributed by atoms with van der Waals surface area (Å²) in [6, 6.07) is 17.1. The molecule has 0 saturated heterocycles.